The molecule has 1 saturated heterocycles. The smallest absolute Gasteiger partial charge is 0.374 e. The van der Waals surface area contributed by atoms with Crippen molar-refractivity contribution in [2.45, 2.75) is 114 Å². The second-order valence-corrected chi connectivity index (χ2v) is 14.7. The maximum absolute atomic E-state index is 13.6. The Morgan fingerprint density at radius 1 is 1.11 bits per heavy atom. The van der Waals surface area contributed by atoms with E-state index in [9.17, 15) is 29.7 Å². The van der Waals surface area contributed by atoms with Gasteiger partial charge in [0.05, 0.1) is 22.5 Å². The van der Waals surface area contributed by atoms with Crippen LogP contribution < -0.4 is 0 Å². The van der Waals surface area contributed by atoms with E-state index in [4.69, 9.17) is 18.6 Å². The first kappa shape index (κ1) is 29.9. The van der Waals surface area contributed by atoms with Gasteiger partial charge >= 0.3 is 11.9 Å². The predicted molar refractivity (Wildman–Crippen MR) is 154 cm³/mol. The molecule has 3 saturated carbocycles. The number of hydrogen-bond donors (Lipinski definition) is 3. The van der Waals surface area contributed by atoms with Gasteiger partial charge in [-0.1, -0.05) is 11.6 Å². The van der Waals surface area contributed by atoms with Crippen LogP contribution in [0.3, 0.4) is 0 Å². The molecule has 4 fully saturated rings. The highest BCUT2D eigenvalue weighted by Gasteiger charge is 2.83. The molecule has 7 rings (SSSR count). The average Bonchev–Trinajstić information content (AvgIpc) is 3.41. The van der Waals surface area contributed by atoms with Crippen molar-refractivity contribution < 1.29 is 48.3 Å². The summed E-state index contributed by atoms with van der Waals surface area (Å²) in [5.74, 6) is -1.57. The molecule has 6 aliphatic rings. The molecule has 3 N–H and O–H groups in total. The molecule has 0 amide bonds. The molecule has 10 nitrogen and oxygen atoms in total. The summed E-state index contributed by atoms with van der Waals surface area (Å²) >= 11 is 0. The Kier molecular flexibility index (Phi) is 6.21. The van der Waals surface area contributed by atoms with Gasteiger partial charge in [0.1, 0.15) is 35.3 Å². The Labute approximate surface area is 256 Å². The zero-order chi connectivity index (χ0) is 31.7. The molecular formula is C34H42O10. The number of carbonyl (C=O) groups is 3. The average molecular weight is 611 g/mol. The van der Waals surface area contributed by atoms with E-state index in [2.05, 4.69) is 0 Å². The monoisotopic (exact) mass is 610 g/mol. The van der Waals surface area contributed by atoms with E-state index >= 15 is 0 Å². The summed E-state index contributed by atoms with van der Waals surface area (Å²) in [7, 11) is 0. The molecular weight excluding hydrogens is 568 g/mol. The number of cyclic esters (lactones) is 1. The number of ketones is 1. The van der Waals surface area contributed by atoms with Crippen molar-refractivity contribution in [1.82, 2.24) is 0 Å². The minimum Gasteiger partial charge on any atom is -0.459 e. The van der Waals surface area contributed by atoms with Crippen molar-refractivity contribution >= 4 is 17.7 Å². The van der Waals surface area contributed by atoms with Crippen LogP contribution in [0.15, 0.2) is 39.8 Å². The van der Waals surface area contributed by atoms with Crippen LogP contribution in [-0.2, 0) is 23.8 Å². The Hall–Kier alpha value is -2.79. The lowest BCUT2D eigenvalue weighted by Gasteiger charge is -2.64. The van der Waals surface area contributed by atoms with Gasteiger partial charge in [-0.3, -0.25) is 4.79 Å². The van der Waals surface area contributed by atoms with Gasteiger partial charge in [-0.05, 0) is 103 Å². The Morgan fingerprint density at radius 3 is 2.55 bits per heavy atom. The van der Waals surface area contributed by atoms with Crippen molar-refractivity contribution in [1.29, 1.82) is 0 Å². The van der Waals surface area contributed by atoms with E-state index < -0.39 is 63.8 Å². The third-order valence-corrected chi connectivity index (χ3v) is 13.1. The number of allylic oxidation sites excluding steroid dienone is 1. The molecule has 238 valence electrons. The van der Waals surface area contributed by atoms with Crippen molar-refractivity contribution in [3.8, 4) is 0 Å². The molecule has 44 heavy (non-hydrogen) atoms. The van der Waals surface area contributed by atoms with E-state index in [1.165, 1.54) is 13.0 Å². The van der Waals surface area contributed by atoms with Crippen molar-refractivity contribution in [2.75, 3.05) is 6.61 Å². The predicted octanol–water partition coefficient (Wildman–Crippen LogP) is 3.49. The summed E-state index contributed by atoms with van der Waals surface area (Å²) < 4.78 is 23.4. The highest BCUT2D eigenvalue weighted by Crippen LogP contribution is 2.75. The summed E-state index contributed by atoms with van der Waals surface area (Å²) in [5.41, 5.74) is -7.53. The highest BCUT2D eigenvalue weighted by atomic mass is 16.6. The van der Waals surface area contributed by atoms with Gasteiger partial charge in [-0.2, -0.15) is 0 Å². The van der Waals surface area contributed by atoms with Crippen LogP contribution in [0.1, 0.15) is 89.0 Å². The number of fused-ring (bicyclic) bond motifs is 4. The van der Waals surface area contributed by atoms with E-state index in [0.29, 0.717) is 30.6 Å². The number of hydrogen-bond acceptors (Lipinski definition) is 10. The first-order valence-electron chi connectivity index (χ1n) is 15.7. The molecule has 1 aromatic heterocycles. The standard InChI is InChI=1S/C34H42O10/c1-18-15-25(43-27(36)20(18)3)30(5,38)34(40)14-13-32(39)22-16-26-33(44-26)11-6-7-24(35)29(33,4)21(22)10-12-31(32,34)17-41-28(37)23-9-8-19(2)42-23/h6-9,21-22,25-26,38-40H,10-17H2,1-5H3/t21-,22+,25?,26+,29-,30-,31+,32+,33+,34+/m0/s1. The van der Waals surface area contributed by atoms with Gasteiger partial charge < -0.3 is 33.9 Å². The van der Waals surface area contributed by atoms with E-state index in [1.54, 1.807) is 32.9 Å². The summed E-state index contributed by atoms with van der Waals surface area (Å²) in [5, 5.41) is 38.3. The van der Waals surface area contributed by atoms with Gasteiger partial charge in [0.15, 0.2) is 5.78 Å². The third kappa shape index (κ3) is 3.43. The molecule has 0 aromatic carbocycles. The minimum absolute atomic E-state index is 0.0113. The number of esters is 2. The van der Waals surface area contributed by atoms with Crippen LogP contribution in [0.5, 0.6) is 0 Å². The van der Waals surface area contributed by atoms with Crippen LogP contribution in [0.2, 0.25) is 0 Å². The van der Waals surface area contributed by atoms with Crippen molar-refractivity contribution in [2.24, 2.45) is 22.7 Å². The van der Waals surface area contributed by atoms with Gasteiger partial charge in [-0.25, -0.2) is 9.59 Å². The fourth-order valence-electron chi connectivity index (χ4n) is 10.2. The fourth-order valence-corrected chi connectivity index (χ4v) is 10.2. The maximum atomic E-state index is 13.6. The molecule has 10 heteroatoms. The molecule has 1 aromatic rings. The molecule has 1 spiro atoms. The third-order valence-electron chi connectivity index (χ3n) is 13.1. The van der Waals surface area contributed by atoms with E-state index in [0.717, 1.165) is 5.57 Å². The number of aryl methyl sites for hydroxylation is 1. The van der Waals surface area contributed by atoms with Crippen LogP contribution >= 0.6 is 0 Å². The topological polar surface area (TPSA) is 156 Å². The second kappa shape index (κ2) is 9.15. The van der Waals surface area contributed by atoms with Gasteiger partial charge in [0, 0.05) is 12.0 Å². The van der Waals surface area contributed by atoms with E-state index in [1.807, 2.05) is 13.0 Å². The van der Waals surface area contributed by atoms with Crippen LogP contribution in [0.25, 0.3) is 0 Å². The van der Waals surface area contributed by atoms with Crippen LogP contribution in [-0.4, -0.2) is 74.3 Å². The van der Waals surface area contributed by atoms with Crippen LogP contribution in [0, 0.1) is 29.6 Å². The lowest BCUT2D eigenvalue weighted by atomic mass is 9.42. The van der Waals surface area contributed by atoms with Gasteiger partial charge in [0.25, 0.3) is 0 Å². The second-order valence-electron chi connectivity index (χ2n) is 14.7. The van der Waals surface area contributed by atoms with Crippen LogP contribution in [0.4, 0.5) is 0 Å². The molecule has 3 heterocycles. The fraction of sp³-hybridized carbons (Fsp3) is 0.676. The number of rotatable bonds is 5. The SMILES string of the molecule is CC1=C(C)C(=O)OC([C@](C)(O)[C@]2(O)CC[C@@]3(O)[C@@H]4C[C@H]5O[C@]56CC=CC(=O)[C@]6(C)[C@H]4CC[C@]23COC(=O)c2ccc(C)o2)C1. The zero-order valence-electron chi connectivity index (χ0n) is 26.0. The zero-order valence-corrected chi connectivity index (χ0v) is 26.0. The van der Waals surface area contributed by atoms with Crippen molar-refractivity contribution in [3.63, 3.8) is 0 Å². The van der Waals surface area contributed by atoms with Gasteiger partial charge in [-0.15, -0.1) is 0 Å². The first-order valence-corrected chi connectivity index (χ1v) is 15.7. The maximum Gasteiger partial charge on any atom is 0.374 e. The summed E-state index contributed by atoms with van der Waals surface area (Å²) in [6.07, 6.45) is 4.11. The Bertz CT molecular complexity index is 1520. The highest BCUT2D eigenvalue weighted by molar-refractivity contribution is 5.98. The lowest BCUT2D eigenvalue weighted by Crippen LogP contribution is -2.75. The Balaban J connectivity index is 1.31. The molecule has 10 atom stereocenters. The molecule has 0 bridgehead atoms. The summed E-state index contributed by atoms with van der Waals surface area (Å²) in [6.45, 7) is 8.15. The largest absolute Gasteiger partial charge is 0.459 e. The van der Waals surface area contributed by atoms with Crippen molar-refractivity contribution in [3.05, 3.63) is 47.0 Å². The lowest BCUT2D eigenvalue weighted by molar-refractivity contribution is -0.295. The van der Waals surface area contributed by atoms with E-state index in [-0.39, 0.29) is 49.2 Å². The minimum atomic E-state index is -2.04. The normalized spacial score (nSPS) is 45.5. The first-order chi connectivity index (χ1) is 20.6. The molecule has 1 unspecified atom stereocenters. The summed E-state index contributed by atoms with van der Waals surface area (Å²) in [4.78, 5) is 39.6. The number of aliphatic hydroxyl groups is 3. The number of epoxide rings is 1. The van der Waals surface area contributed by atoms with Gasteiger partial charge in [0.2, 0.25) is 5.76 Å². The molecule has 4 aliphatic carbocycles. The number of carbonyl (C=O) groups excluding carboxylic acids is 3. The summed E-state index contributed by atoms with van der Waals surface area (Å²) in [6, 6.07) is 3.14. The molecule has 0 radical (unpaired) electrons. The Morgan fingerprint density at radius 2 is 1.86 bits per heavy atom. The number of furan rings is 1. The number of ether oxygens (including phenoxy) is 3. The molecule has 2 aliphatic heterocycles. The quantitative estimate of drug-likeness (QED) is 0.333.